The number of aromatic nitrogens is 1. The Labute approximate surface area is 113 Å². The Kier molecular flexibility index (Phi) is 4.06. The summed E-state index contributed by atoms with van der Waals surface area (Å²) >= 11 is 3.17. The van der Waals surface area contributed by atoms with Gasteiger partial charge in [0, 0.05) is 17.5 Å². The van der Waals surface area contributed by atoms with Gasteiger partial charge in [-0.2, -0.15) is 0 Å². The fourth-order valence-corrected chi connectivity index (χ4v) is 2.14. The molecule has 3 N–H and O–H groups in total. The van der Waals surface area contributed by atoms with Crippen molar-refractivity contribution in [2.75, 3.05) is 0 Å². The third-order valence-corrected chi connectivity index (χ3v) is 3.34. The van der Waals surface area contributed by atoms with E-state index < -0.39 is 6.04 Å². The summed E-state index contributed by atoms with van der Waals surface area (Å²) in [5.74, 6) is 5.22. The number of hydrogen-bond acceptors (Lipinski definition) is 3. The molecule has 2 aromatic rings. The van der Waals surface area contributed by atoms with Crippen molar-refractivity contribution in [2.45, 2.75) is 13.0 Å². The highest BCUT2D eigenvalue weighted by Crippen LogP contribution is 2.27. The Bertz CT molecular complexity index is 542. The van der Waals surface area contributed by atoms with Gasteiger partial charge in [-0.25, -0.2) is 9.82 Å². The lowest BCUT2D eigenvalue weighted by Crippen LogP contribution is -2.29. The molecule has 0 radical (unpaired) electrons. The minimum absolute atomic E-state index is 0.318. The Hall–Kier alpha value is -1.30. The summed E-state index contributed by atoms with van der Waals surface area (Å²) in [6, 6.07) is 8.46. The topological polar surface area (TPSA) is 50.9 Å². The molecule has 0 aliphatic rings. The van der Waals surface area contributed by atoms with E-state index in [2.05, 4.69) is 26.3 Å². The number of hydrazine groups is 1. The molecule has 2 rings (SSSR count). The molecule has 0 spiro atoms. The van der Waals surface area contributed by atoms with Gasteiger partial charge in [-0.15, -0.1) is 0 Å². The van der Waals surface area contributed by atoms with E-state index >= 15 is 0 Å². The molecular weight excluding hydrogens is 297 g/mol. The molecule has 5 heteroatoms. The smallest absolute Gasteiger partial charge is 0.142 e. The van der Waals surface area contributed by atoms with Crippen LogP contribution in [0.1, 0.15) is 22.9 Å². The first-order chi connectivity index (χ1) is 8.63. The zero-order valence-corrected chi connectivity index (χ0v) is 11.4. The molecule has 1 atom stereocenters. The summed E-state index contributed by atoms with van der Waals surface area (Å²) in [5.41, 5.74) is 4.83. The SMILES string of the molecule is Cc1ccc(C(NN)c2cccc(Br)c2F)cn1. The standard InChI is InChI=1S/C13H13BrFN3/c1-8-5-6-9(7-17-8)13(18-16)10-3-2-4-11(14)12(10)15/h2-7,13,18H,16H2,1H3. The Morgan fingerprint density at radius 3 is 2.72 bits per heavy atom. The average Bonchev–Trinajstić information content (AvgIpc) is 2.37. The second-order valence-electron chi connectivity index (χ2n) is 3.98. The van der Waals surface area contributed by atoms with Gasteiger partial charge in [0.25, 0.3) is 0 Å². The average molecular weight is 310 g/mol. The molecule has 1 aromatic carbocycles. The van der Waals surface area contributed by atoms with E-state index in [1.54, 1.807) is 24.4 Å². The van der Waals surface area contributed by atoms with E-state index in [0.717, 1.165) is 11.3 Å². The summed E-state index contributed by atoms with van der Waals surface area (Å²) in [7, 11) is 0. The number of pyridine rings is 1. The molecule has 18 heavy (non-hydrogen) atoms. The van der Waals surface area contributed by atoms with Crippen LogP contribution in [-0.4, -0.2) is 4.98 Å². The number of nitrogens with one attached hydrogen (secondary N) is 1. The third-order valence-electron chi connectivity index (χ3n) is 2.73. The number of aryl methyl sites for hydroxylation is 1. The molecule has 0 fully saturated rings. The second-order valence-corrected chi connectivity index (χ2v) is 4.83. The summed E-state index contributed by atoms with van der Waals surface area (Å²) < 4.78 is 14.5. The van der Waals surface area contributed by atoms with Crippen LogP contribution >= 0.6 is 15.9 Å². The second kappa shape index (κ2) is 5.56. The minimum Gasteiger partial charge on any atom is -0.271 e. The van der Waals surface area contributed by atoms with Crippen molar-refractivity contribution in [1.82, 2.24) is 10.4 Å². The van der Waals surface area contributed by atoms with E-state index in [1.807, 2.05) is 19.1 Å². The molecule has 1 unspecified atom stereocenters. The lowest BCUT2D eigenvalue weighted by molar-refractivity contribution is 0.555. The molecule has 0 bridgehead atoms. The van der Waals surface area contributed by atoms with Crippen LogP contribution in [0, 0.1) is 12.7 Å². The van der Waals surface area contributed by atoms with Gasteiger partial charge in [-0.1, -0.05) is 18.2 Å². The zero-order valence-electron chi connectivity index (χ0n) is 9.82. The molecule has 0 saturated heterocycles. The van der Waals surface area contributed by atoms with Crippen molar-refractivity contribution < 1.29 is 4.39 Å². The molecule has 3 nitrogen and oxygen atoms in total. The number of nitrogens with zero attached hydrogens (tertiary/aromatic N) is 1. The highest BCUT2D eigenvalue weighted by molar-refractivity contribution is 9.10. The lowest BCUT2D eigenvalue weighted by atomic mass is 10.00. The van der Waals surface area contributed by atoms with Gasteiger partial charge >= 0.3 is 0 Å². The predicted molar refractivity (Wildman–Crippen MR) is 72.2 cm³/mol. The minimum atomic E-state index is -0.421. The van der Waals surface area contributed by atoms with Crippen molar-refractivity contribution >= 4 is 15.9 Å². The molecule has 1 heterocycles. The van der Waals surface area contributed by atoms with E-state index in [4.69, 9.17) is 5.84 Å². The summed E-state index contributed by atoms with van der Waals surface area (Å²) in [6.45, 7) is 1.90. The lowest BCUT2D eigenvalue weighted by Gasteiger charge is -2.17. The van der Waals surface area contributed by atoms with Crippen LogP contribution in [0.5, 0.6) is 0 Å². The van der Waals surface area contributed by atoms with Crippen LogP contribution in [0.2, 0.25) is 0 Å². The van der Waals surface area contributed by atoms with Crippen molar-refractivity contribution in [3.8, 4) is 0 Å². The molecule has 0 aliphatic carbocycles. The van der Waals surface area contributed by atoms with Gasteiger partial charge in [0.2, 0.25) is 0 Å². The van der Waals surface area contributed by atoms with E-state index in [1.165, 1.54) is 0 Å². The maximum absolute atomic E-state index is 14.0. The third kappa shape index (κ3) is 2.58. The number of nitrogens with two attached hydrogens (primary N) is 1. The van der Waals surface area contributed by atoms with Crippen molar-refractivity contribution in [3.63, 3.8) is 0 Å². The van der Waals surface area contributed by atoms with Crippen molar-refractivity contribution in [1.29, 1.82) is 0 Å². The van der Waals surface area contributed by atoms with Crippen LogP contribution in [0.4, 0.5) is 4.39 Å². The van der Waals surface area contributed by atoms with Crippen LogP contribution in [0.25, 0.3) is 0 Å². The maximum Gasteiger partial charge on any atom is 0.142 e. The van der Waals surface area contributed by atoms with E-state index in [0.29, 0.717) is 10.0 Å². The zero-order chi connectivity index (χ0) is 13.1. The molecule has 0 aliphatic heterocycles. The predicted octanol–water partition coefficient (Wildman–Crippen LogP) is 2.84. The molecular formula is C13H13BrFN3. The fraction of sp³-hybridized carbons (Fsp3) is 0.154. The first-order valence-electron chi connectivity index (χ1n) is 5.46. The van der Waals surface area contributed by atoms with E-state index in [-0.39, 0.29) is 5.82 Å². The maximum atomic E-state index is 14.0. The summed E-state index contributed by atoms with van der Waals surface area (Å²) in [6.07, 6.45) is 1.69. The monoisotopic (exact) mass is 309 g/mol. The van der Waals surface area contributed by atoms with Crippen LogP contribution < -0.4 is 11.3 Å². The molecule has 1 aromatic heterocycles. The van der Waals surface area contributed by atoms with Gasteiger partial charge in [0.15, 0.2) is 0 Å². The van der Waals surface area contributed by atoms with Crippen LogP contribution in [0.3, 0.4) is 0 Å². The number of halogens is 2. The number of hydrogen-bond donors (Lipinski definition) is 2. The first-order valence-corrected chi connectivity index (χ1v) is 6.25. The molecule has 0 saturated carbocycles. The molecule has 0 amide bonds. The Morgan fingerprint density at radius 1 is 1.33 bits per heavy atom. The van der Waals surface area contributed by atoms with Crippen molar-refractivity contribution in [2.24, 2.45) is 5.84 Å². The quantitative estimate of drug-likeness (QED) is 0.677. The van der Waals surface area contributed by atoms with Crippen LogP contribution in [-0.2, 0) is 0 Å². The number of rotatable bonds is 3. The highest BCUT2D eigenvalue weighted by Gasteiger charge is 2.18. The fourth-order valence-electron chi connectivity index (χ4n) is 1.76. The highest BCUT2D eigenvalue weighted by atomic mass is 79.9. The largest absolute Gasteiger partial charge is 0.271 e. The van der Waals surface area contributed by atoms with Gasteiger partial charge in [0.05, 0.1) is 10.5 Å². The van der Waals surface area contributed by atoms with Crippen molar-refractivity contribution in [3.05, 3.63) is 63.6 Å². The van der Waals surface area contributed by atoms with Gasteiger partial charge in [0.1, 0.15) is 5.82 Å². The van der Waals surface area contributed by atoms with Crippen LogP contribution in [0.15, 0.2) is 41.0 Å². The first kappa shape index (κ1) is 13.1. The Balaban J connectivity index is 2.45. The Morgan fingerprint density at radius 2 is 2.11 bits per heavy atom. The van der Waals surface area contributed by atoms with E-state index in [9.17, 15) is 4.39 Å². The number of benzene rings is 1. The normalized spacial score (nSPS) is 12.4. The van der Waals surface area contributed by atoms with Gasteiger partial charge in [-0.3, -0.25) is 10.8 Å². The summed E-state index contributed by atoms with van der Waals surface area (Å²) in [4.78, 5) is 4.20. The summed E-state index contributed by atoms with van der Waals surface area (Å²) in [5, 5.41) is 0. The van der Waals surface area contributed by atoms with Gasteiger partial charge < -0.3 is 0 Å². The molecule has 94 valence electrons. The van der Waals surface area contributed by atoms with Gasteiger partial charge in [-0.05, 0) is 40.5 Å².